The highest BCUT2D eigenvalue weighted by atomic mass is 32.2. The van der Waals surface area contributed by atoms with Gasteiger partial charge >= 0.3 is 0 Å². The fraction of sp³-hybridized carbons (Fsp3) is 0.200. The van der Waals surface area contributed by atoms with Gasteiger partial charge in [0.15, 0.2) is 0 Å². The quantitative estimate of drug-likeness (QED) is 0.831. The predicted molar refractivity (Wildman–Crippen MR) is 82.6 cm³/mol. The summed E-state index contributed by atoms with van der Waals surface area (Å²) in [5.41, 5.74) is 7.17. The second-order valence-electron chi connectivity index (χ2n) is 4.65. The van der Waals surface area contributed by atoms with Crippen LogP contribution in [0.15, 0.2) is 53.4 Å². The van der Waals surface area contributed by atoms with Gasteiger partial charge in [0.25, 0.3) is 0 Å². The summed E-state index contributed by atoms with van der Waals surface area (Å²) in [6.45, 7) is 1.76. The van der Waals surface area contributed by atoms with Crippen molar-refractivity contribution in [2.24, 2.45) is 0 Å². The molecule has 0 spiro atoms. The summed E-state index contributed by atoms with van der Waals surface area (Å²) in [4.78, 5) is 0.185. The van der Waals surface area contributed by atoms with Crippen LogP contribution in [-0.4, -0.2) is 15.5 Å². The Balaban J connectivity index is 2.22. The van der Waals surface area contributed by atoms with Gasteiger partial charge in [-0.15, -0.1) is 0 Å². The number of sulfonamides is 1. The van der Waals surface area contributed by atoms with Gasteiger partial charge in [0.05, 0.1) is 12.0 Å². The highest BCUT2D eigenvalue weighted by molar-refractivity contribution is 7.89. The molecule has 0 bridgehead atoms. The Kier molecular flexibility index (Phi) is 4.50. The molecular weight excluding hydrogens is 288 g/mol. The van der Waals surface area contributed by atoms with Gasteiger partial charge < -0.3 is 10.5 Å². The van der Waals surface area contributed by atoms with Gasteiger partial charge in [-0.3, -0.25) is 0 Å². The van der Waals surface area contributed by atoms with E-state index >= 15 is 0 Å². The minimum absolute atomic E-state index is 0.185. The Hall–Kier alpha value is -2.05. The topological polar surface area (TPSA) is 81.4 Å². The van der Waals surface area contributed by atoms with Gasteiger partial charge in [0.2, 0.25) is 10.0 Å². The molecule has 0 heterocycles. The summed E-state index contributed by atoms with van der Waals surface area (Å²) in [5, 5.41) is 0. The monoisotopic (exact) mass is 306 g/mol. The first-order chi connectivity index (χ1) is 9.94. The van der Waals surface area contributed by atoms with Crippen molar-refractivity contribution in [3.05, 3.63) is 54.1 Å². The van der Waals surface area contributed by atoms with Crippen LogP contribution in [0, 0.1) is 0 Å². The van der Waals surface area contributed by atoms with Crippen molar-refractivity contribution in [2.45, 2.75) is 17.9 Å². The molecule has 1 atom stereocenters. The molecule has 0 aliphatic heterocycles. The van der Waals surface area contributed by atoms with Crippen LogP contribution in [0.5, 0.6) is 5.75 Å². The molecule has 0 radical (unpaired) electrons. The number of nitrogen functional groups attached to an aromatic ring is 1. The van der Waals surface area contributed by atoms with E-state index in [0.717, 1.165) is 5.56 Å². The molecule has 0 fully saturated rings. The lowest BCUT2D eigenvalue weighted by molar-refractivity contribution is 0.414. The van der Waals surface area contributed by atoms with E-state index in [1.165, 1.54) is 19.2 Å². The lowest BCUT2D eigenvalue weighted by Crippen LogP contribution is -2.27. The molecule has 3 N–H and O–H groups in total. The lowest BCUT2D eigenvalue weighted by Gasteiger charge is -2.16. The van der Waals surface area contributed by atoms with Crippen molar-refractivity contribution in [3.63, 3.8) is 0 Å². The van der Waals surface area contributed by atoms with Crippen molar-refractivity contribution in [2.75, 3.05) is 12.8 Å². The number of para-hydroxylation sites is 1. The second kappa shape index (κ2) is 6.15. The highest BCUT2D eigenvalue weighted by Crippen LogP contribution is 2.22. The summed E-state index contributed by atoms with van der Waals surface area (Å²) in [6, 6.07) is 13.0. The zero-order chi connectivity index (χ0) is 15.5. The molecule has 0 aliphatic rings. The zero-order valence-corrected chi connectivity index (χ0v) is 12.7. The van der Waals surface area contributed by atoms with E-state index in [-0.39, 0.29) is 4.90 Å². The van der Waals surface area contributed by atoms with Crippen LogP contribution in [0.3, 0.4) is 0 Å². The Morgan fingerprint density at radius 2 is 1.71 bits per heavy atom. The second-order valence-corrected chi connectivity index (χ2v) is 6.36. The Labute approximate surface area is 124 Å². The molecule has 1 unspecified atom stereocenters. The molecule has 5 nitrogen and oxygen atoms in total. The van der Waals surface area contributed by atoms with Crippen molar-refractivity contribution in [1.29, 1.82) is 0 Å². The number of hydrogen-bond acceptors (Lipinski definition) is 4. The maximum Gasteiger partial charge on any atom is 0.241 e. The van der Waals surface area contributed by atoms with Crippen LogP contribution < -0.4 is 15.2 Å². The van der Waals surface area contributed by atoms with Gasteiger partial charge in [-0.25, -0.2) is 13.1 Å². The van der Waals surface area contributed by atoms with E-state index in [0.29, 0.717) is 11.4 Å². The van der Waals surface area contributed by atoms with Gasteiger partial charge in [-0.2, -0.15) is 0 Å². The van der Waals surface area contributed by atoms with E-state index in [1.54, 1.807) is 31.2 Å². The molecule has 0 aliphatic carbocycles. The SMILES string of the molecule is COc1ccc(S(=O)(=O)NC(C)c2ccccc2N)cc1. The zero-order valence-electron chi connectivity index (χ0n) is 11.9. The van der Waals surface area contributed by atoms with E-state index in [2.05, 4.69) is 4.72 Å². The number of nitrogens with two attached hydrogens (primary N) is 1. The first-order valence-corrected chi connectivity index (χ1v) is 7.93. The van der Waals surface area contributed by atoms with Gasteiger partial charge in [-0.05, 0) is 42.8 Å². The average molecular weight is 306 g/mol. The highest BCUT2D eigenvalue weighted by Gasteiger charge is 2.19. The smallest absolute Gasteiger partial charge is 0.241 e. The summed E-state index contributed by atoms with van der Waals surface area (Å²) >= 11 is 0. The number of ether oxygens (including phenoxy) is 1. The number of nitrogens with one attached hydrogen (secondary N) is 1. The van der Waals surface area contributed by atoms with Crippen molar-refractivity contribution in [1.82, 2.24) is 4.72 Å². The minimum Gasteiger partial charge on any atom is -0.497 e. The van der Waals surface area contributed by atoms with E-state index < -0.39 is 16.1 Å². The first kappa shape index (κ1) is 15.3. The Bertz CT molecular complexity index is 712. The lowest BCUT2D eigenvalue weighted by atomic mass is 10.1. The van der Waals surface area contributed by atoms with E-state index in [4.69, 9.17) is 10.5 Å². The van der Waals surface area contributed by atoms with Crippen LogP contribution in [0.2, 0.25) is 0 Å². The van der Waals surface area contributed by atoms with E-state index in [9.17, 15) is 8.42 Å². The molecule has 6 heteroatoms. The Morgan fingerprint density at radius 1 is 1.10 bits per heavy atom. The van der Waals surface area contributed by atoms with Crippen molar-refractivity contribution in [3.8, 4) is 5.75 Å². The first-order valence-electron chi connectivity index (χ1n) is 6.45. The Morgan fingerprint density at radius 3 is 2.29 bits per heavy atom. The molecule has 2 rings (SSSR count). The summed E-state index contributed by atoms with van der Waals surface area (Å²) in [7, 11) is -2.08. The molecular formula is C15H18N2O3S. The average Bonchev–Trinajstić information content (AvgIpc) is 2.47. The number of anilines is 1. The predicted octanol–water partition coefficient (Wildman–Crippen LogP) is 2.32. The molecule has 0 saturated heterocycles. The van der Waals surface area contributed by atoms with Crippen LogP contribution in [-0.2, 0) is 10.0 Å². The van der Waals surface area contributed by atoms with E-state index in [1.807, 2.05) is 12.1 Å². The molecule has 0 saturated carbocycles. The number of benzene rings is 2. The maximum atomic E-state index is 12.3. The largest absolute Gasteiger partial charge is 0.497 e. The minimum atomic E-state index is -3.61. The van der Waals surface area contributed by atoms with Gasteiger partial charge in [0, 0.05) is 11.7 Å². The normalized spacial score (nSPS) is 12.9. The van der Waals surface area contributed by atoms with Gasteiger partial charge in [-0.1, -0.05) is 18.2 Å². The third-order valence-corrected chi connectivity index (χ3v) is 4.72. The molecule has 2 aromatic rings. The molecule has 0 amide bonds. The maximum absolute atomic E-state index is 12.3. The molecule has 2 aromatic carbocycles. The summed E-state index contributed by atoms with van der Waals surface area (Å²) in [5.74, 6) is 0.606. The van der Waals surface area contributed by atoms with Crippen molar-refractivity contribution >= 4 is 15.7 Å². The number of hydrogen-bond donors (Lipinski definition) is 2. The molecule has 21 heavy (non-hydrogen) atoms. The standard InChI is InChI=1S/C15H18N2O3S/c1-11(14-5-3-4-6-15(14)16)17-21(18,19)13-9-7-12(20-2)8-10-13/h3-11,17H,16H2,1-2H3. The van der Waals surface area contributed by atoms with Crippen LogP contribution in [0.4, 0.5) is 5.69 Å². The fourth-order valence-corrected chi connectivity index (χ4v) is 3.25. The third kappa shape index (κ3) is 3.53. The number of rotatable bonds is 5. The van der Waals surface area contributed by atoms with Crippen LogP contribution in [0.1, 0.15) is 18.5 Å². The molecule has 112 valence electrons. The van der Waals surface area contributed by atoms with Crippen LogP contribution in [0.25, 0.3) is 0 Å². The van der Waals surface area contributed by atoms with Crippen molar-refractivity contribution < 1.29 is 13.2 Å². The molecule has 0 aromatic heterocycles. The van der Waals surface area contributed by atoms with Crippen LogP contribution >= 0.6 is 0 Å². The number of methoxy groups -OCH3 is 1. The third-order valence-electron chi connectivity index (χ3n) is 3.16. The summed E-state index contributed by atoms with van der Waals surface area (Å²) < 4.78 is 32.3. The fourth-order valence-electron chi connectivity index (χ4n) is 2.02. The summed E-state index contributed by atoms with van der Waals surface area (Å²) in [6.07, 6.45) is 0. The van der Waals surface area contributed by atoms with Gasteiger partial charge in [0.1, 0.15) is 5.75 Å².